The third kappa shape index (κ3) is 6.40. The number of hydrogen-bond acceptors (Lipinski definition) is 5. The highest BCUT2D eigenvalue weighted by atomic mass is 32.2. The third-order valence-corrected chi connectivity index (χ3v) is 7.81. The van der Waals surface area contributed by atoms with E-state index in [-0.39, 0.29) is 5.91 Å². The van der Waals surface area contributed by atoms with E-state index < -0.39 is 12.0 Å². The van der Waals surface area contributed by atoms with Crippen LogP contribution in [0.25, 0.3) is 26.7 Å². The number of benzene rings is 3. The van der Waals surface area contributed by atoms with Gasteiger partial charge in [-0.05, 0) is 40.3 Å². The number of methoxy groups -OCH3 is 1. The molecule has 3 aromatic carbocycles. The second-order valence-corrected chi connectivity index (χ2v) is 10.9. The lowest BCUT2D eigenvalue weighted by atomic mass is 9.97. The molecule has 0 aliphatic carbocycles. The van der Waals surface area contributed by atoms with Gasteiger partial charge in [0, 0.05) is 30.7 Å². The molecule has 42 heavy (non-hydrogen) atoms. The number of thioether (sulfide) groups is 1. The second-order valence-electron chi connectivity index (χ2n) is 9.91. The number of ether oxygens (including phenoxy) is 1. The van der Waals surface area contributed by atoms with Crippen LogP contribution in [0.5, 0.6) is 0 Å². The van der Waals surface area contributed by atoms with Crippen LogP contribution < -0.4 is 5.32 Å². The van der Waals surface area contributed by atoms with Gasteiger partial charge in [-0.25, -0.2) is 14.6 Å². The molecule has 0 radical (unpaired) electrons. The minimum atomic E-state index is -0.741. The highest BCUT2D eigenvalue weighted by Crippen LogP contribution is 2.32. The maximum Gasteiger partial charge on any atom is 0.328 e. The van der Waals surface area contributed by atoms with E-state index in [1.54, 1.807) is 18.1 Å². The Kier molecular flexibility index (Phi) is 9.05. The molecule has 5 rings (SSSR count). The average molecular weight is 578 g/mol. The van der Waals surface area contributed by atoms with Crippen molar-refractivity contribution in [3.63, 3.8) is 0 Å². The fourth-order valence-corrected chi connectivity index (χ4v) is 5.47. The maximum atomic E-state index is 13.8. The Bertz CT molecular complexity index is 1740. The zero-order chi connectivity index (χ0) is 29.5. The first-order valence-corrected chi connectivity index (χ1v) is 14.9. The molecule has 0 aliphatic rings. The molecule has 2 heterocycles. The number of hydrogen-bond donors (Lipinski definition) is 1. The molecule has 1 amide bonds. The minimum Gasteiger partial charge on any atom is -0.467 e. The molecule has 0 unspecified atom stereocenters. The molecular formula is C33H31N5O3S. The molecule has 5 aromatic rings. The SMILES string of the molecule is [C-]#[N+]c1ccc(Cn2cncc2Cn2cc(C(=O)N[C@@H](CCSC)C(=O)OC)c(-c3cccc4ccccc34)c2)cc1. The van der Waals surface area contributed by atoms with Crippen LogP contribution in [0.1, 0.15) is 28.0 Å². The van der Waals surface area contributed by atoms with Crippen LogP contribution in [-0.4, -0.2) is 51.2 Å². The molecule has 2 aromatic heterocycles. The molecule has 0 aliphatic heterocycles. The van der Waals surface area contributed by atoms with E-state index in [0.29, 0.717) is 36.5 Å². The van der Waals surface area contributed by atoms with Crippen molar-refractivity contribution in [1.82, 2.24) is 19.4 Å². The Hall–Kier alpha value is -4.81. The van der Waals surface area contributed by atoms with E-state index >= 15 is 0 Å². The highest BCUT2D eigenvalue weighted by Gasteiger charge is 2.25. The van der Waals surface area contributed by atoms with Gasteiger partial charge in [-0.2, -0.15) is 11.8 Å². The van der Waals surface area contributed by atoms with E-state index in [1.165, 1.54) is 7.11 Å². The van der Waals surface area contributed by atoms with E-state index in [0.717, 1.165) is 33.2 Å². The van der Waals surface area contributed by atoms with Gasteiger partial charge >= 0.3 is 5.97 Å². The Morgan fingerprint density at radius 3 is 2.57 bits per heavy atom. The zero-order valence-corrected chi connectivity index (χ0v) is 24.3. The van der Waals surface area contributed by atoms with E-state index in [9.17, 15) is 9.59 Å². The van der Waals surface area contributed by atoms with Crippen molar-refractivity contribution in [2.75, 3.05) is 19.1 Å². The van der Waals surface area contributed by atoms with Crippen LogP contribution >= 0.6 is 11.8 Å². The number of rotatable bonds is 11. The number of fused-ring (bicyclic) bond motifs is 1. The van der Waals surface area contributed by atoms with Gasteiger partial charge in [-0.15, -0.1) is 0 Å². The van der Waals surface area contributed by atoms with Gasteiger partial charge in [0.05, 0.1) is 37.8 Å². The lowest BCUT2D eigenvalue weighted by Gasteiger charge is -2.16. The average Bonchev–Trinajstić information content (AvgIpc) is 3.65. The molecule has 1 N–H and O–H groups in total. The summed E-state index contributed by atoms with van der Waals surface area (Å²) in [7, 11) is 1.33. The minimum absolute atomic E-state index is 0.332. The molecular weight excluding hydrogens is 546 g/mol. The summed E-state index contributed by atoms with van der Waals surface area (Å²) in [5.74, 6) is -0.0829. The van der Waals surface area contributed by atoms with Crippen molar-refractivity contribution < 1.29 is 14.3 Å². The number of nitrogens with zero attached hydrogens (tertiary/aromatic N) is 4. The smallest absolute Gasteiger partial charge is 0.328 e. The molecule has 0 saturated carbocycles. The predicted molar refractivity (Wildman–Crippen MR) is 167 cm³/mol. The molecule has 0 spiro atoms. The van der Waals surface area contributed by atoms with Crippen molar-refractivity contribution >= 4 is 40.1 Å². The summed E-state index contributed by atoms with van der Waals surface area (Å²) < 4.78 is 9.01. The van der Waals surface area contributed by atoms with Crippen LogP contribution in [0.3, 0.4) is 0 Å². The number of carbonyl (C=O) groups is 2. The summed E-state index contributed by atoms with van der Waals surface area (Å²) in [5, 5.41) is 5.03. The van der Waals surface area contributed by atoms with E-state index in [4.69, 9.17) is 11.3 Å². The largest absolute Gasteiger partial charge is 0.467 e. The first kappa shape index (κ1) is 28.7. The molecule has 9 heteroatoms. The van der Waals surface area contributed by atoms with Crippen LogP contribution in [0, 0.1) is 6.57 Å². The monoisotopic (exact) mass is 577 g/mol. The van der Waals surface area contributed by atoms with Gasteiger partial charge in [-0.1, -0.05) is 66.7 Å². The van der Waals surface area contributed by atoms with Crippen LogP contribution in [-0.2, 0) is 22.6 Å². The van der Waals surface area contributed by atoms with Gasteiger partial charge in [0.25, 0.3) is 5.91 Å². The standard InChI is InChI=1S/C33H31N5O3S/c1-34-25-13-11-23(12-14-25)18-38-22-35-17-26(38)19-37-20-29(28-10-6-8-24-7-4-5-9-27(24)28)30(21-37)32(39)36-31(15-16-42-3)33(40)41-2/h4-14,17,20-22,31H,15-16,18-19H2,2-3H3,(H,36,39)/t31-/m0/s1. The zero-order valence-electron chi connectivity index (χ0n) is 23.5. The second kappa shape index (κ2) is 13.2. The Morgan fingerprint density at radius 1 is 1.02 bits per heavy atom. The van der Waals surface area contributed by atoms with Crippen molar-refractivity contribution in [2.24, 2.45) is 0 Å². The topological polar surface area (TPSA) is 82.5 Å². The fourth-order valence-electron chi connectivity index (χ4n) is 5.00. The quantitative estimate of drug-likeness (QED) is 0.150. The molecule has 1 atom stereocenters. The summed E-state index contributed by atoms with van der Waals surface area (Å²) in [4.78, 5) is 34.1. The van der Waals surface area contributed by atoms with Crippen LogP contribution in [0.2, 0.25) is 0 Å². The highest BCUT2D eigenvalue weighted by molar-refractivity contribution is 7.98. The summed E-state index contributed by atoms with van der Waals surface area (Å²) in [5.41, 5.74) is 4.81. The van der Waals surface area contributed by atoms with Gasteiger partial charge in [-0.3, -0.25) is 4.79 Å². The molecule has 0 bridgehead atoms. The van der Waals surface area contributed by atoms with Crippen molar-refractivity contribution in [2.45, 2.75) is 25.6 Å². The maximum absolute atomic E-state index is 13.8. The van der Waals surface area contributed by atoms with Crippen molar-refractivity contribution in [3.05, 3.63) is 120 Å². The Labute approximate surface area is 249 Å². The number of carbonyl (C=O) groups excluding carboxylic acids is 2. The number of nitrogens with one attached hydrogen (secondary N) is 1. The molecule has 212 valence electrons. The van der Waals surface area contributed by atoms with Gasteiger partial charge in [0.2, 0.25) is 0 Å². The van der Waals surface area contributed by atoms with E-state index in [2.05, 4.69) is 31.8 Å². The Morgan fingerprint density at radius 2 is 1.81 bits per heavy atom. The molecule has 0 fully saturated rings. The van der Waals surface area contributed by atoms with Crippen LogP contribution in [0.4, 0.5) is 5.69 Å². The van der Waals surface area contributed by atoms with Gasteiger partial charge in [0.1, 0.15) is 6.04 Å². The summed E-state index contributed by atoms with van der Waals surface area (Å²) in [6.07, 6.45) is 9.85. The summed E-state index contributed by atoms with van der Waals surface area (Å²) in [6.45, 7) is 8.27. The lowest BCUT2D eigenvalue weighted by Crippen LogP contribution is -2.42. The van der Waals surface area contributed by atoms with E-state index in [1.807, 2.05) is 84.0 Å². The number of imidazole rings is 1. The summed E-state index contributed by atoms with van der Waals surface area (Å²) >= 11 is 1.61. The van der Waals surface area contributed by atoms with Gasteiger partial charge in [0.15, 0.2) is 5.69 Å². The number of amides is 1. The van der Waals surface area contributed by atoms with Crippen molar-refractivity contribution in [1.29, 1.82) is 0 Å². The lowest BCUT2D eigenvalue weighted by molar-refractivity contribution is -0.142. The van der Waals surface area contributed by atoms with Crippen LogP contribution in [0.15, 0.2) is 91.6 Å². The van der Waals surface area contributed by atoms with Gasteiger partial charge < -0.3 is 19.2 Å². The molecule has 8 nitrogen and oxygen atoms in total. The third-order valence-electron chi connectivity index (χ3n) is 7.17. The Balaban J connectivity index is 1.50. The predicted octanol–water partition coefficient (Wildman–Crippen LogP) is 6.18. The number of aromatic nitrogens is 3. The fraction of sp³-hybridized carbons (Fsp3) is 0.212. The first-order valence-electron chi connectivity index (χ1n) is 13.5. The van der Waals surface area contributed by atoms with Crippen molar-refractivity contribution in [3.8, 4) is 11.1 Å². The summed E-state index contributed by atoms with van der Waals surface area (Å²) in [6, 6.07) is 20.9. The first-order chi connectivity index (χ1) is 20.5. The number of esters is 1. The molecule has 0 saturated heterocycles. The normalized spacial score (nSPS) is 11.6.